The van der Waals surface area contributed by atoms with Gasteiger partial charge in [0.1, 0.15) is 11.4 Å². The molecule has 0 unspecified atom stereocenters. The van der Waals surface area contributed by atoms with E-state index in [2.05, 4.69) is 4.98 Å². The zero-order valence-corrected chi connectivity index (χ0v) is 12.2. The Labute approximate surface area is 127 Å². The highest BCUT2D eigenvalue weighted by Gasteiger charge is 2.06. The summed E-state index contributed by atoms with van der Waals surface area (Å²) in [5.41, 5.74) is 2.24. The van der Waals surface area contributed by atoms with Crippen molar-refractivity contribution in [3.8, 4) is 5.75 Å². The summed E-state index contributed by atoms with van der Waals surface area (Å²) in [6.07, 6.45) is 3.57. The zero-order chi connectivity index (χ0) is 15.2. The van der Waals surface area contributed by atoms with Crippen LogP contribution in [-0.2, 0) is 4.79 Å². The number of hydrogen-bond acceptors (Lipinski definition) is 3. The maximum atomic E-state index is 10.6. The van der Waals surface area contributed by atoms with E-state index < -0.39 is 12.6 Å². The minimum absolute atomic E-state index is 0.405. The van der Waals surface area contributed by atoms with Crippen molar-refractivity contribution < 1.29 is 14.6 Å². The Balaban J connectivity index is 2.27. The third-order valence-corrected chi connectivity index (χ3v) is 3.05. The molecule has 0 fully saturated rings. The molecule has 2 rings (SSSR count). The lowest BCUT2D eigenvalue weighted by molar-refractivity contribution is -0.139. The van der Waals surface area contributed by atoms with Gasteiger partial charge in [-0.3, -0.25) is 0 Å². The summed E-state index contributed by atoms with van der Waals surface area (Å²) in [5, 5.41) is 9.32. The second-order valence-electron chi connectivity index (χ2n) is 4.37. The van der Waals surface area contributed by atoms with Crippen molar-refractivity contribution in [3.05, 3.63) is 58.4 Å². The first-order valence-electron chi connectivity index (χ1n) is 6.31. The molecule has 0 bridgehead atoms. The van der Waals surface area contributed by atoms with Crippen LogP contribution in [0.4, 0.5) is 0 Å². The number of aliphatic carboxylic acids is 1. The summed E-state index contributed by atoms with van der Waals surface area (Å²) < 4.78 is 5.23. The van der Waals surface area contributed by atoms with Gasteiger partial charge >= 0.3 is 5.97 Å². The standard InChI is InChI=1S/C16H14ClNO3/c1-11-6-9-15(21-10-16(19)20)14(18-11)8-7-12-4-2-3-5-13(12)17/h2-9H,10H2,1H3,(H,19,20)/b8-7+. The number of aromatic nitrogens is 1. The Bertz CT molecular complexity index is 683. The molecule has 1 N–H and O–H groups in total. The molecule has 1 heterocycles. The average molecular weight is 304 g/mol. The van der Waals surface area contributed by atoms with Crippen LogP contribution in [0.5, 0.6) is 5.75 Å². The van der Waals surface area contributed by atoms with E-state index in [4.69, 9.17) is 21.4 Å². The molecule has 108 valence electrons. The van der Waals surface area contributed by atoms with Crippen molar-refractivity contribution in [2.45, 2.75) is 6.92 Å². The number of aryl methyl sites for hydroxylation is 1. The Morgan fingerprint density at radius 2 is 2.05 bits per heavy atom. The second kappa shape index (κ2) is 6.90. The van der Waals surface area contributed by atoms with Gasteiger partial charge in [-0.05, 0) is 36.8 Å². The molecule has 0 aliphatic carbocycles. The quantitative estimate of drug-likeness (QED) is 0.915. The molecule has 5 heteroatoms. The summed E-state index contributed by atoms with van der Waals surface area (Å²) in [5.74, 6) is -0.608. The topological polar surface area (TPSA) is 59.4 Å². The maximum absolute atomic E-state index is 10.6. The number of hydrogen-bond donors (Lipinski definition) is 1. The molecule has 0 aliphatic heterocycles. The van der Waals surface area contributed by atoms with Crippen molar-refractivity contribution in [3.63, 3.8) is 0 Å². The van der Waals surface area contributed by atoms with Gasteiger partial charge in [0.25, 0.3) is 0 Å². The van der Waals surface area contributed by atoms with Gasteiger partial charge in [-0.25, -0.2) is 9.78 Å². The zero-order valence-electron chi connectivity index (χ0n) is 11.4. The largest absolute Gasteiger partial charge is 0.480 e. The number of ether oxygens (including phenoxy) is 1. The van der Waals surface area contributed by atoms with Gasteiger partial charge < -0.3 is 9.84 Å². The molecular formula is C16H14ClNO3. The minimum Gasteiger partial charge on any atom is -0.480 e. The van der Waals surface area contributed by atoms with Crippen molar-refractivity contribution in [2.24, 2.45) is 0 Å². The van der Waals surface area contributed by atoms with Crippen LogP contribution >= 0.6 is 11.6 Å². The maximum Gasteiger partial charge on any atom is 0.341 e. The number of carboxylic acids is 1. The Morgan fingerprint density at radius 3 is 2.76 bits per heavy atom. The molecule has 0 amide bonds. The molecule has 4 nitrogen and oxygen atoms in total. The molecule has 1 aromatic carbocycles. The lowest BCUT2D eigenvalue weighted by Crippen LogP contribution is -2.10. The van der Waals surface area contributed by atoms with E-state index in [1.54, 1.807) is 24.3 Å². The molecule has 0 saturated heterocycles. The monoisotopic (exact) mass is 303 g/mol. The summed E-state index contributed by atoms with van der Waals surface area (Å²) in [6.45, 7) is 1.45. The van der Waals surface area contributed by atoms with Gasteiger partial charge in [-0.15, -0.1) is 0 Å². The van der Waals surface area contributed by atoms with Gasteiger partial charge in [0.05, 0.1) is 0 Å². The predicted molar refractivity (Wildman–Crippen MR) is 82.5 cm³/mol. The number of carboxylic acid groups (broad SMARTS) is 1. The SMILES string of the molecule is Cc1ccc(OCC(=O)O)c(/C=C/c2ccccc2Cl)n1. The summed E-state index contributed by atoms with van der Waals surface area (Å²) in [4.78, 5) is 14.9. The number of halogens is 1. The molecular weight excluding hydrogens is 290 g/mol. The smallest absolute Gasteiger partial charge is 0.341 e. The molecule has 2 aromatic rings. The molecule has 1 aromatic heterocycles. The highest BCUT2D eigenvalue weighted by atomic mass is 35.5. The van der Waals surface area contributed by atoms with Crippen LogP contribution in [-0.4, -0.2) is 22.7 Å². The molecule has 0 spiro atoms. The number of rotatable bonds is 5. The minimum atomic E-state index is -1.03. The number of pyridine rings is 1. The van der Waals surface area contributed by atoms with Gasteiger partial charge in [0, 0.05) is 10.7 Å². The first-order chi connectivity index (χ1) is 10.1. The number of carbonyl (C=O) groups is 1. The Morgan fingerprint density at radius 1 is 1.29 bits per heavy atom. The predicted octanol–water partition coefficient (Wildman–Crippen LogP) is 3.68. The fourth-order valence-electron chi connectivity index (χ4n) is 1.72. The van der Waals surface area contributed by atoms with E-state index in [1.165, 1.54) is 0 Å². The highest BCUT2D eigenvalue weighted by Crippen LogP contribution is 2.22. The summed E-state index contributed by atoms with van der Waals surface area (Å²) >= 11 is 6.08. The van der Waals surface area contributed by atoms with Gasteiger partial charge in [-0.2, -0.15) is 0 Å². The highest BCUT2D eigenvalue weighted by molar-refractivity contribution is 6.32. The molecule has 21 heavy (non-hydrogen) atoms. The lowest BCUT2D eigenvalue weighted by atomic mass is 10.2. The second-order valence-corrected chi connectivity index (χ2v) is 4.78. The average Bonchev–Trinajstić information content (AvgIpc) is 2.45. The normalized spacial score (nSPS) is 10.8. The van der Waals surface area contributed by atoms with Crippen LogP contribution in [0.25, 0.3) is 12.2 Å². The van der Waals surface area contributed by atoms with E-state index in [1.807, 2.05) is 31.2 Å². The van der Waals surface area contributed by atoms with Crippen molar-refractivity contribution >= 4 is 29.7 Å². The van der Waals surface area contributed by atoms with E-state index >= 15 is 0 Å². The van der Waals surface area contributed by atoms with E-state index in [0.717, 1.165) is 11.3 Å². The lowest BCUT2D eigenvalue weighted by Gasteiger charge is -2.07. The third-order valence-electron chi connectivity index (χ3n) is 2.70. The van der Waals surface area contributed by atoms with E-state index in [9.17, 15) is 4.79 Å². The van der Waals surface area contributed by atoms with Crippen LogP contribution in [0.1, 0.15) is 17.0 Å². The van der Waals surface area contributed by atoms with Gasteiger partial charge in [0.15, 0.2) is 6.61 Å². The summed E-state index contributed by atoms with van der Waals surface area (Å²) in [7, 11) is 0. The summed E-state index contributed by atoms with van der Waals surface area (Å²) in [6, 6.07) is 10.9. The first kappa shape index (κ1) is 15.1. The Hall–Kier alpha value is -2.33. The van der Waals surface area contributed by atoms with Crippen LogP contribution in [0.2, 0.25) is 5.02 Å². The fourth-order valence-corrected chi connectivity index (χ4v) is 1.92. The van der Waals surface area contributed by atoms with Crippen molar-refractivity contribution in [1.82, 2.24) is 4.98 Å². The fraction of sp³-hybridized carbons (Fsp3) is 0.125. The Kier molecular flexibility index (Phi) is 4.95. The first-order valence-corrected chi connectivity index (χ1v) is 6.69. The molecule has 0 aliphatic rings. The van der Waals surface area contributed by atoms with Crippen LogP contribution in [0.15, 0.2) is 36.4 Å². The van der Waals surface area contributed by atoms with Crippen molar-refractivity contribution in [2.75, 3.05) is 6.61 Å². The van der Waals surface area contributed by atoms with Crippen LogP contribution in [0.3, 0.4) is 0 Å². The number of nitrogens with zero attached hydrogens (tertiary/aromatic N) is 1. The molecule has 0 saturated carbocycles. The third kappa shape index (κ3) is 4.33. The van der Waals surface area contributed by atoms with Crippen molar-refractivity contribution in [1.29, 1.82) is 0 Å². The van der Waals surface area contributed by atoms with E-state index in [-0.39, 0.29) is 0 Å². The van der Waals surface area contributed by atoms with Gasteiger partial charge in [0.2, 0.25) is 0 Å². The van der Waals surface area contributed by atoms with Crippen LogP contribution in [0, 0.1) is 6.92 Å². The van der Waals surface area contributed by atoms with Crippen LogP contribution < -0.4 is 4.74 Å². The van der Waals surface area contributed by atoms with E-state index in [0.29, 0.717) is 16.5 Å². The molecule has 0 atom stereocenters. The molecule has 0 radical (unpaired) electrons. The van der Waals surface area contributed by atoms with Gasteiger partial charge in [-0.1, -0.05) is 35.9 Å². The number of benzene rings is 1.